The van der Waals surface area contributed by atoms with Gasteiger partial charge >= 0.3 is 0 Å². The van der Waals surface area contributed by atoms with E-state index in [4.69, 9.17) is 0 Å². The first-order chi connectivity index (χ1) is 13.3. The standard InChI is InChI=1S/C23H35N3O2/c1-16-11-17(2)23(18(3)12-16)24-21(27)14-25(4)15-22(28)26-10-9-19-7-5-6-8-20(19)13-26/h11-12,19-20H,5-10,13-15H2,1-4H3,(H,24,27)/p+1/t19-,20+/m0/s1. The van der Waals surface area contributed by atoms with Crippen molar-refractivity contribution in [2.24, 2.45) is 11.8 Å². The molecule has 28 heavy (non-hydrogen) atoms. The van der Waals surface area contributed by atoms with Gasteiger partial charge in [-0.25, -0.2) is 0 Å². The van der Waals surface area contributed by atoms with E-state index < -0.39 is 0 Å². The molecule has 1 saturated carbocycles. The van der Waals surface area contributed by atoms with Crippen LogP contribution in [0, 0.1) is 32.6 Å². The molecule has 5 nitrogen and oxygen atoms in total. The van der Waals surface area contributed by atoms with E-state index in [2.05, 4.69) is 24.4 Å². The molecule has 2 N–H and O–H groups in total. The van der Waals surface area contributed by atoms with Crippen molar-refractivity contribution >= 4 is 17.5 Å². The molecule has 2 fully saturated rings. The fourth-order valence-corrected chi connectivity index (χ4v) is 5.09. The summed E-state index contributed by atoms with van der Waals surface area (Å²) < 4.78 is 0. The second-order valence-electron chi connectivity index (χ2n) is 9.07. The Balaban J connectivity index is 1.49. The van der Waals surface area contributed by atoms with Crippen molar-refractivity contribution in [1.82, 2.24) is 4.90 Å². The van der Waals surface area contributed by atoms with Gasteiger partial charge in [0.15, 0.2) is 13.1 Å². The quantitative estimate of drug-likeness (QED) is 0.814. The average Bonchev–Trinajstić information content (AvgIpc) is 2.64. The van der Waals surface area contributed by atoms with E-state index in [0.29, 0.717) is 19.0 Å². The maximum Gasteiger partial charge on any atom is 0.279 e. The summed E-state index contributed by atoms with van der Waals surface area (Å²) in [5.74, 6) is 1.68. The minimum absolute atomic E-state index is 0.0358. The average molecular weight is 387 g/mol. The number of benzene rings is 1. The number of carbonyl (C=O) groups excluding carboxylic acids is 2. The zero-order chi connectivity index (χ0) is 20.3. The van der Waals surface area contributed by atoms with Crippen LogP contribution in [0.25, 0.3) is 0 Å². The van der Waals surface area contributed by atoms with Crippen LogP contribution < -0.4 is 10.2 Å². The minimum atomic E-state index is -0.0358. The number of anilines is 1. The molecule has 2 aliphatic rings. The van der Waals surface area contributed by atoms with Gasteiger partial charge in [-0.05, 0) is 56.6 Å². The summed E-state index contributed by atoms with van der Waals surface area (Å²) >= 11 is 0. The molecule has 3 rings (SSSR count). The van der Waals surface area contributed by atoms with Crippen LogP contribution in [0.1, 0.15) is 48.8 Å². The Kier molecular flexibility index (Phi) is 6.76. The van der Waals surface area contributed by atoms with E-state index in [9.17, 15) is 9.59 Å². The van der Waals surface area contributed by atoms with Crippen LogP contribution in [0.15, 0.2) is 12.1 Å². The summed E-state index contributed by atoms with van der Waals surface area (Å²) in [6.45, 7) is 8.60. The van der Waals surface area contributed by atoms with Gasteiger partial charge < -0.3 is 15.1 Å². The summed E-state index contributed by atoms with van der Waals surface area (Å²) in [5, 5.41) is 3.04. The van der Waals surface area contributed by atoms with E-state index in [1.54, 1.807) is 0 Å². The lowest BCUT2D eigenvalue weighted by molar-refractivity contribution is -0.862. The van der Waals surface area contributed by atoms with Gasteiger partial charge in [-0.15, -0.1) is 0 Å². The van der Waals surface area contributed by atoms with Crippen LogP contribution in [0.3, 0.4) is 0 Å². The van der Waals surface area contributed by atoms with E-state index in [-0.39, 0.29) is 11.8 Å². The Morgan fingerprint density at radius 1 is 1.04 bits per heavy atom. The SMILES string of the molecule is Cc1cc(C)c(NC(=O)C[NH+](C)CC(=O)N2CC[C@@H]3CCCC[C@@H]3C2)c(C)c1. The number of nitrogens with one attached hydrogen (secondary N) is 2. The number of amides is 2. The lowest BCUT2D eigenvalue weighted by Crippen LogP contribution is -3.11. The Morgan fingerprint density at radius 2 is 1.68 bits per heavy atom. The first-order valence-corrected chi connectivity index (χ1v) is 10.8. The molecule has 0 aromatic heterocycles. The first-order valence-electron chi connectivity index (χ1n) is 10.8. The van der Waals surface area contributed by atoms with Crippen LogP contribution in [0.4, 0.5) is 5.69 Å². The number of quaternary nitrogens is 1. The Labute approximate surface area is 169 Å². The zero-order valence-corrected chi connectivity index (χ0v) is 17.9. The van der Waals surface area contributed by atoms with Crippen LogP contribution in [-0.4, -0.2) is 49.9 Å². The highest BCUT2D eigenvalue weighted by Gasteiger charge is 2.33. The van der Waals surface area contributed by atoms with Gasteiger partial charge in [-0.1, -0.05) is 37.0 Å². The van der Waals surface area contributed by atoms with Gasteiger partial charge in [0.25, 0.3) is 11.8 Å². The van der Waals surface area contributed by atoms with Crippen molar-refractivity contribution in [3.63, 3.8) is 0 Å². The Hall–Kier alpha value is -1.88. The molecule has 0 radical (unpaired) electrons. The summed E-state index contributed by atoms with van der Waals surface area (Å²) in [7, 11) is 1.93. The molecule has 0 bridgehead atoms. The molecule has 1 aromatic rings. The van der Waals surface area contributed by atoms with Gasteiger partial charge in [-0.3, -0.25) is 9.59 Å². The number of rotatable bonds is 5. The molecular formula is C23H36N3O2+. The fraction of sp³-hybridized carbons (Fsp3) is 0.652. The molecule has 1 saturated heterocycles. The van der Waals surface area contributed by atoms with E-state index >= 15 is 0 Å². The minimum Gasteiger partial charge on any atom is -0.338 e. The molecule has 1 unspecified atom stereocenters. The van der Waals surface area contributed by atoms with Crippen LogP contribution in [-0.2, 0) is 9.59 Å². The molecule has 1 aromatic carbocycles. The van der Waals surface area contributed by atoms with Gasteiger partial charge in [0.05, 0.1) is 7.05 Å². The van der Waals surface area contributed by atoms with Crippen molar-refractivity contribution < 1.29 is 14.5 Å². The van der Waals surface area contributed by atoms with Crippen LogP contribution in [0.2, 0.25) is 0 Å². The number of hydrogen-bond acceptors (Lipinski definition) is 2. The van der Waals surface area contributed by atoms with Gasteiger partial charge in [-0.2, -0.15) is 0 Å². The third-order valence-electron chi connectivity index (χ3n) is 6.50. The fourth-order valence-electron chi connectivity index (χ4n) is 5.09. The predicted molar refractivity (Wildman–Crippen MR) is 113 cm³/mol. The maximum absolute atomic E-state index is 12.7. The largest absolute Gasteiger partial charge is 0.338 e. The zero-order valence-electron chi connectivity index (χ0n) is 17.9. The molecule has 154 valence electrons. The molecule has 3 atom stereocenters. The van der Waals surface area contributed by atoms with E-state index in [1.807, 2.05) is 25.8 Å². The Bertz CT molecular complexity index is 708. The lowest BCUT2D eigenvalue weighted by Gasteiger charge is -2.41. The first kappa shape index (κ1) is 20.8. The number of carbonyl (C=O) groups is 2. The number of aryl methyl sites for hydroxylation is 3. The molecule has 0 spiro atoms. The van der Waals surface area contributed by atoms with Crippen LogP contribution in [0.5, 0.6) is 0 Å². The number of fused-ring (bicyclic) bond motifs is 1. The molecule has 2 amide bonds. The van der Waals surface area contributed by atoms with E-state index in [1.165, 1.54) is 31.2 Å². The summed E-state index contributed by atoms with van der Waals surface area (Å²) in [4.78, 5) is 28.2. The van der Waals surface area contributed by atoms with Crippen molar-refractivity contribution in [3.8, 4) is 0 Å². The van der Waals surface area contributed by atoms with Gasteiger partial charge in [0, 0.05) is 18.8 Å². The highest BCUT2D eigenvalue weighted by Crippen LogP contribution is 2.35. The highest BCUT2D eigenvalue weighted by molar-refractivity contribution is 5.93. The number of nitrogens with zero attached hydrogens (tertiary/aromatic N) is 1. The third-order valence-corrected chi connectivity index (χ3v) is 6.50. The smallest absolute Gasteiger partial charge is 0.279 e. The van der Waals surface area contributed by atoms with Crippen molar-refractivity contribution in [1.29, 1.82) is 0 Å². The number of hydrogen-bond donors (Lipinski definition) is 2. The Morgan fingerprint density at radius 3 is 2.36 bits per heavy atom. The van der Waals surface area contributed by atoms with Crippen molar-refractivity contribution in [2.45, 2.75) is 52.9 Å². The third kappa shape index (κ3) is 5.13. The van der Waals surface area contributed by atoms with Crippen molar-refractivity contribution in [3.05, 3.63) is 28.8 Å². The molecule has 5 heteroatoms. The van der Waals surface area contributed by atoms with Gasteiger partial charge in [0.1, 0.15) is 0 Å². The number of piperidine rings is 1. The summed E-state index contributed by atoms with van der Waals surface area (Å²) in [6.07, 6.45) is 6.44. The van der Waals surface area contributed by atoms with E-state index in [0.717, 1.165) is 47.1 Å². The maximum atomic E-state index is 12.7. The lowest BCUT2D eigenvalue weighted by atomic mass is 9.75. The molecule has 1 aliphatic heterocycles. The highest BCUT2D eigenvalue weighted by atomic mass is 16.2. The molecular weight excluding hydrogens is 350 g/mol. The second-order valence-corrected chi connectivity index (χ2v) is 9.07. The molecule has 1 heterocycles. The summed E-state index contributed by atoms with van der Waals surface area (Å²) in [5.41, 5.74) is 4.25. The molecule has 1 aliphatic carbocycles. The number of likely N-dealkylation sites (N-methyl/N-ethyl adjacent to an activating group) is 1. The van der Waals surface area contributed by atoms with Crippen molar-refractivity contribution in [2.75, 3.05) is 38.5 Å². The van der Waals surface area contributed by atoms with Crippen LogP contribution >= 0.6 is 0 Å². The normalized spacial score (nSPS) is 23.1. The summed E-state index contributed by atoms with van der Waals surface area (Å²) in [6, 6.07) is 4.16. The topological polar surface area (TPSA) is 53.9 Å². The predicted octanol–water partition coefficient (Wildman–Crippen LogP) is 2.10. The number of likely N-dealkylation sites (tertiary alicyclic amines) is 1. The second kappa shape index (κ2) is 9.08. The monoisotopic (exact) mass is 386 g/mol. The van der Waals surface area contributed by atoms with Gasteiger partial charge in [0.2, 0.25) is 0 Å².